The van der Waals surface area contributed by atoms with Gasteiger partial charge in [0.05, 0.1) is 12.0 Å². The number of halogens is 1. The van der Waals surface area contributed by atoms with Gasteiger partial charge in [0.2, 0.25) is 0 Å². The van der Waals surface area contributed by atoms with Gasteiger partial charge in [-0.3, -0.25) is 10.1 Å². The van der Waals surface area contributed by atoms with E-state index in [1.165, 1.54) is 13.2 Å². The summed E-state index contributed by atoms with van der Waals surface area (Å²) in [6.07, 6.45) is 0. The summed E-state index contributed by atoms with van der Waals surface area (Å²) in [5, 5.41) is 14.1. The fourth-order valence-corrected chi connectivity index (χ4v) is 2.23. The summed E-state index contributed by atoms with van der Waals surface area (Å²) in [5.41, 5.74) is 1.49. The third kappa shape index (κ3) is 3.48. The van der Waals surface area contributed by atoms with Gasteiger partial charge in [-0.1, -0.05) is 28.1 Å². The lowest BCUT2D eigenvalue weighted by Crippen LogP contribution is -2.03. The Morgan fingerprint density at radius 1 is 1.30 bits per heavy atom. The van der Waals surface area contributed by atoms with Crippen molar-refractivity contribution < 1.29 is 9.66 Å². The molecule has 0 atom stereocenters. The van der Waals surface area contributed by atoms with Crippen molar-refractivity contribution in [1.82, 2.24) is 0 Å². The van der Waals surface area contributed by atoms with E-state index in [0.717, 1.165) is 10.0 Å². The van der Waals surface area contributed by atoms with Crippen molar-refractivity contribution in [3.05, 3.63) is 62.6 Å². The van der Waals surface area contributed by atoms with Crippen LogP contribution in [0.25, 0.3) is 0 Å². The van der Waals surface area contributed by atoms with Crippen molar-refractivity contribution in [3.8, 4) is 5.75 Å². The number of nitro benzene ring substituents is 1. The van der Waals surface area contributed by atoms with Crippen molar-refractivity contribution in [2.24, 2.45) is 0 Å². The number of anilines is 1. The Morgan fingerprint density at radius 2 is 2.10 bits per heavy atom. The van der Waals surface area contributed by atoms with Crippen LogP contribution in [0.3, 0.4) is 0 Å². The Balaban J connectivity index is 2.21. The lowest BCUT2D eigenvalue weighted by molar-refractivity contribution is -0.384. The summed E-state index contributed by atoms with van der Waals surface area (Å²) in [5.74, 6) is 0.576. The number of rotatable bonds is 5. The van der Waals surface area contributed by atoms with Gasteiger partial charge in [-0.2, -0.15) is 0 Å². The van der Waals surface area contributed by atoms with Crippen LogP contribution in [0.5, 0.6) is 5.75 Å². The molecule has 104 valence electrons. The quantitative estimate of drug-likeness (QED) is 0.662. The Kier molecular flexibility index (Phi) is 4.57. The largest absolute Gasteiger partial charge is 0.497 e. The number of nitro groups is 1. The van der Waals surface area contributed by atoms with Gasteiger partial charge in [-0.15, -0.1) is 0 Å². The molecule has 2 aromatic rings. The van der Waals surface area contributed by atoms with Crippen LogP contribution in [-0.4, -0.2) is 12.0 Å². The highest BCUT2D eigenvalue weighted by Gasteiger charge is 2.14. The molecule has 0 aliphatic carbocycles. The first kappa shape index (κ1) is 14.3. The van der Waals surface area contributed by atoms with Gasteiger partial charge in [0.25, 0.3) is 5.69 Å². The second kappa shape index (κ2) is 6.38. The first-order valence-electron chi connectivity index (χ1n) is 5.91. The van der Waals surface area contributed by atoms with E-state index in [0.29, 0.717) is 18.0 Å². The van der Waals surface area contributed by atoms with E-state index in [9.17, 15) is 10.1 Å². The third-order valence-corrected chi connectivity index (χ3v) is 3.27. The Labute approximate surface area is 124 Å². The summed E-state index contributed by atoms with van der Waals surface area (Å²) in [4.78, 5) is 10.6. The number of ether oxygens (including phenoxy) is 1. The average molecular weight is 337 g/mol. The predicted molar refractivity (Wildman–Crippen MR) is 81.1 cm³/mol. The molecule has 2 rings (SSSR count). The predicted octanol–water partition coefficient (Wildman–Crippen LogP) is 3.98. The Hall–Kier alpha value is -2.08. The average Bonchev–Trinajstić information content (AvgIpc) is 2.44. The maximum absolute atomic E-state index is 11.0. The van der Waals surface area contributed by atoms with Crippen molar-refractivity contribution in [3.63, 3.8) is 0 Å². The van der Waals surface area contributed by atoms with Crippen molar-refractivity contribution in [1.29, 1.82) is 0 Å². The standard InChI is InChI=1S/C14H13BrN2O3/c1-20-12-5-6-14(17(18)19)13(8-12)16-9-10-3-2-4-11(15)7-10/h2-8,16H,9H2,1H3. The molecule has 0 aromatic heterocycles. The Morgan fingerprint density at radius 3 is 2.75 bits per heavy atom. The monoisotopic (exact) mass is 336 g/mol. The van der Waals surface area contributed by atoms with Crippen LogP contribution in [-0.2, 0) is 6.54 Å². The molecule has 0 aliphatic rings. The molecule has 5 nitrogen and oxygen atoms in total. The minimum atomic E-state index is -0.414. The minimum absolute atomic E-state index is 0.0285. The SMILES string of the molecule is COc1ccc([N+](=O)[O-])c(NCc2cccc(Br)c2)c1. The second-order valence-corrected chi connectivity index (χ2v) is 5.04. The van der Waals surface area contributed by atoms with Gasteiger partial charge >= 0.3 is 0 Å². The minimum Gasteiger partial charge on any atom is -0.497 e. The highest BCUT2D eigenvalue weighted by Crippen LogP contribution is 2.29. The highest BCUT2D eigenvalue weighted by atomic mass is 79.9. The first-order valence-corrected chi connectivity index (χ1v) is 6.70. The van der Waals surface area contributed by atoms with Crippen LogP contribution in [0.1, 0.15) is 5.56 Å². The molecule has 0 amide bonds. The fourth-order valence-electron chi connectivity index (χ4n) is 1.79. The molecule has 0 saturated heterocycles. The van der Waals surface area contributed by atoms with Gasteiger partial charge in [0.15, 0.2) is 0 Å². The molecule has 0 heterocycles. The van der Waals surface area contributed by atoms with Gasteiger partial charge in [-0.25, -0.2) is 0 Å². The van der Waals surface area contributed by atoms with Gasteiger partial charge in [0.1, 0.15) is 11.4 Å². The number of hydrogen-bond acceptors (Lipinski definition) is 4. The maximum atomic E-state index is 11.0. The summed E-state index contributed by atoms with van der Waals surface area (Å²) in [6.45, 7) is 0.493. The van der Waals surface area contributed by atoms with Crippen molar-refractivity contribution in [2.75, 3.05) is 12.4 Å². The van der Waals surface area contributed by atoms with E-state index in [-0.39, 0.29) is 5.69 Å². The molecule has 6 heteroatoms. The van der Waals surface area contributed by atoms with Crippen LogP contribution in [0.15, 0.2) is 46.9 Å². The normalized spacial score (nSPS) is 10.1. The fraction of sp³-hybridized carbons (Fsp3) is 0.143. The number of methoxy groups -OCH3 is 1. The Bertz CT molecular complexity index is 632. The van der Waals surface area contributed by atoms with E-state index < -0.39 is 4.92 Å². The summed E-state index contributed by atoms with van der Waals surface area (Å²) >= 11 is 3.39. The number of nitrogens with zero attached hydrogens (tertiary/aromatic N) is 1. The van der Waals surface area contributed by atoms with E-state index in [1.54, 1.807) is 12.1 Å². The molecule has 0 bridgehead atoms. The van der Waals surface area contributed by atoms with Gasteiger partial charge in [-0.05, 0) is 23.8 Å². The smallest absolute Gasteiger partial charge is 0.292 e. The molecule has 0 saturated carbocycles. The lowest BCUT2D eigenvalue weighted by Gasteiger charge is -2.09. The van der Waals surface area contributed by atoms with Crippen molar-refractivity contribution in [2.45, 2.75) is 6.54 Å². The maximum Gasteiger partial charge on any atom is 0.292 e. The van der Waals surface area contributed by atoms with Gasteiger partial charge in [0, 0.05) is 23.2 Å². The zero-order valence-electron chi connectivity index (χ0n) is 10.8. The van der Waals surface area contributed by atoms with Crippen LogP contribution in [0.2, 0.25) is 0 Å². The molecule has 1 N–H and O–H groups in total. The second-order valence-electron chi connectivity index (χ2n) is 4.12. The summed E-state index contributed by atoms with van der Waals surface area (Å²) in [6, 6.07) is 12.4. The van der Waals surface area contributed by atoms with Gasteiger partial charge < -0.3 is 10.1 Å². The number of hydrogen-bond donors (Lipinski definition) is 1. The van der Waals surface area contributed by atoms with Crippen molar-refractivity contribution >= 4 is 27.3 Å². The molecule has 0 spiro atoms. The summed E-state index contributed by atoms with van der Waals surface area (Å²) in [7, 11) is 1.53. The highest BCUT2D eigenvalue weighted by molar-refractivity contribution is 9.10. The van der Waals surface area contributed by atoms with E-state index in [2.05, 4.69) is 21.2 Å². The molecule has 20 heavy (non-hydrogen) atoms. The van der Waals surface area contributed by atoms with Crippen LogP contribution >= 0.6 is 15.9 Å². The van der Waals surface area contributed by atoms with E-state index in [4.69, 9.17) is 4.74 Å². The molecule has 0 fully saturated rings. The third-order valence-electron chi connectivity index (χ3n) is 2.77. The van der Waals surface area contributed by atoms with Crippen LogP contribution in [0.4, 0.5) is 11.4 Å². The first-order chi connectivity index (χ1) is 9.60. The topological polar surface area (TPSA) is 64.4 Å². The molecule has 0 aliphatic heterocycles. The molecular weight excluding hydrogens is 324 g/mol. The molecule has 0 unspecified atom stereocenters. The summed E-state index contributed by atoms with van der Waals surface area (Å²) < 4.78 is 6.06. The molecule has 2 aromatic carbocycles. The molecule has 0 radical (unpaired) electrons. The zero-order chi connectivity index (χ0) is 14.5. The number of benzene rings is 2. The van der Waals surface area contributed by atoms with E-state index in [1.807, 2.05) is 24.3 Å². The number of nitrogens with one attached hydrogen (secondary N) is 1. The lowest BCUT2D eigenvalue weighted by atomic mass is 10.2. The zero-order valence-corrected chi connectivity index (χ0v) is 12.4. The molecular formula is C14H13BrN2O3. The van der Waals surface area contributed by atoms with Crippen LogP contribution in [0, 0.1) is 10.1 Å². The van der Waals surface area contributed by atoms with Crippen LogP contribution < -0.4 is 10.1 Å². The van der Waals surface area contributed by atoms with E-state index >= 15 is 0 Å².